The van der Waals surface area contributed by atoms with E-state index in [0.717, 1.165) is 24.8 Å². The van der Waals surface area contributed by atoms with Crippen LogP contribution >= 0.6 is 0 Å². The van der Waals surface area contributed by atoms with Crippen molar-refractivity contribution < 1.29 is 15.0 Å². The largest absolute Gasteiger partial charge is 0.478 e. The van der Waals surface area contributed by atoms with Crippen LogP contribution in [0.2, 0.25) is 0 Å². The van der Waals surface area contributed by atoms with Gasteiger partial charge < -0.3 is 10.2 Å². The van der Waals surface area contributed by atoms with Crippen molar-refractivity contribution in [2.45, 2.75) is 46.1 Å². The Morgan fingerprint density at radius 3 is 2.20 bits per heavy atom. The smallest absolute Gasteiger partial charge is 0.327 e. The van der Waals surface area contributed by atoms with Crippen LogP contribution < -0.4 is 0 Å². The standard InChI is InChI=1S/C9H18O.C3H4O2/c1-7-4-5-8(10)6-9(7,2)3;1-2-3(4)5/h7-8,10H,4-6H2,1-3H3;2H,1H2,(H,4,5). The summed E-state index contributed by atoms with van der Waals surface area (Å²) >= 11 is 0. The molecule has 15 heavy (non-hydrogen) atoms. The van der Waals surface area contributed by atoms with Crippen molar-refractivity contribution in [1.82, 2.24) is 0 Å². The molecule has 88 valence electrons. The minimum Gasteiger partial charge on any atom is -0.478 e. The van der Waals surface area contributed by atoms with Crippen molar-refractivity contribution in [3.63, 3.8) is 0 Å². The van der Waals surface area contributed by atoms with Gasteiger partial charge in [-0.25, -0.2) is 4.79 Å². The van der Waals surface area contributed by atoms with Crippen molar-refractivity contribution in [3.05, 3.63) is 12.7 Å². The van der Waals surface area contributed by atoms with Crippen LogP contribution in [0.25, 0.3) is 0 Å². The van der Waals surface area contributed by atoms with E-state index >= 15 is 0 Å². The fourth-order valence-electron chi connectivity index (χ4n) is 1.74. The van der Waals surface area contributed by atoms with Crippen LogP contribution in [0, 0.1) is 11.3 Å². The molecule has 0 heterocycles. The summed E-state index contributed by atoms with van der Waals surface area (Å²) in [4.78, 5) is 9.25. The van der Waals surface area contributed by atoms with Crippen LogP contribution in [-0.4, -0.2) is 22.3 Å². The molecule has 0 aliphatic heterocycles. The highest BCUT2D eigenvalue weighted by Gasteiger charge is 2.32. The molecule has 1 aliphatic rings. The summed E-state index contributed by atoms with van der Waals surface area (Å²) in [7, 11) is 0. The molecule has 0 radical (unpaired) electrons. The number of hydrogen-bond acceptors (Lipinski definition) is 2. The summed E-state index contributed by atoms with van der Waals surface area (Å²) < 4.78 is 0. The van der Waals surface area contributed by atoms with E-state index in [2.05, 4.69) is 27.4 Å². The molecule has 1 saturated carbocycles. The van der Waals surface area contributed by atoms with Crippen molar-refractivity contribution in [2.24, 2.45) is 11.3 Å². The Morgan fingerprint density at radius 1 is 1.47 bits per heavy atom. The van der Waals surface area contributed by atoms with Gasteiger partial charge in [0, 0.05) is 6.08 Å². The van der Waals surface area contributed by atoms with E-state index in [1.807, 2.05) is 0 Å². The van der Waals surface area contributed by atoms with E-state index in [4.69, 9.17) is 5.11 Å². The monoisotopic (exact) mass is 214 g/mol. The molecule has 3 heteroatoms. The first-order chi connectivity index (χ1) is 6.79. The maximum atomic E-state index is 9.36. The minimum atomic E-state index is -0.981. The summed E-state index contributed by atoms with van der Waals surface area (Å²) in [5.74, 6) is -0.207. The molecular weight excluding hydrogens is 192 g/mol. The van der Waals surface area contributed by atoms with Crippen molar-refractivity contribution in [3.8, 4) is 0 Å². The Morgan fingerprint density at radius 2 is 1.93 bits per heavy atom. The fraction of sp³-hybridized carbons (Fsp3) is 0.750. The van der Waals surface area contributed by atoms with Gasteiger partial charge in [-0.1, -0.05) is 27.4 Å². The van der Waals surface area contributed by atoms with Crippen molar-refractivity contribution >= 4 is 5.97 Å². The number of rotatable bonds is 1. The van der Waals surface area contributed by atoms with E-state index in [9.17, 15) is 9.90 Å². The number of carbonyl (C=O) groups is 1. The Bertz CT molecular complexity index is 221. The predicted octanol–water partition coefficient (Wildman–Crippen LogP) is 2.45. The van der Waals surface area contributed by atoms with Crippen molar-refractivity contribution in [1.29, 1.82) is 0 Å². The van der Waals surface area contributed by atoms with Gasteiger partial charge in [0.2, 0.25) is 0 Å². The lowest BCUT2D eigenvalue weighted by molar-refractivity contribution is -0.131. The molecule has 1 fully saturated rings. The van der Waals surface area contributed by atoms with Gasteiger partial charge in [-0.3, -0.25) is 0 Å². The minimum absolute atomic E-state index is 0.0359. The molecule has 0 aromatic carbocycles. The van der Waals surface area contributed by atoms with Gasteiger partial charge in [0.05, 0.1) is 6.10 Å². The van der Waals surface area contributed by atoms with Crippen LogP contribution in [-0.2, 0) is 4.79 Å². The van der Waals surface area contributed by atoms with E-state index in [-0.39, 0.29) is 6.10 Å². The lowest BCUT2D eigenvalue weighted by atomic mass is 9.69. The topological polar surface area (TPSA) is 57.5 Å². The summed E-state index contributed by atoms with van der Waals surface area (Å²) in [6.45, 7) is 9.74. The summed E-state index contributed by atoms with van der Waals surface area (Å²) in [6, 6.07) is 0. The predicted molar refractivity (Wildman–Crippen MR) is 60.6 cm³/mol. The molecule has 0 bridgehead atoms. The maximum Gasteiger partial charge on any atom is 0.327 e. The average molecular weight is 214 g/mol. The van der Waals surface area contributed by atoms with Crippen LogP contribution in [0.1, 0.15) is 40.0 Å². The first-order valence-electron chi connectivity index (χ1n) is 5.33. The third-order valence-electron chi connectivity index (χ3n) is 3.20. The molecule has 0 amide bonds. The van der Waals surface area contributed by atoms with Gasteiger partial charge in [-0.2, -0.15) is 0 Å². The normalized spacial score (nSPS) is 28.5. The molecule has 0 aromatic heterocycles. The van der Waals surface area contributed by atoms with E-state index in [0.29, 0.717) is 5.41 Å². The first-order valence-corrected chi connectivity index (χ1v) is 5.33. The third kappa shape index (κ3) is 5.57. The molecule has 1 rings (SSSR count). The van der Waals surface area contributed by atoms with Crippen molar-refractivity contribution in [2.75, 3.05) is 0 Å². The second kappa shape index (κ2) is 5.91. The van der Waals surface area contributed by atoms with Crippen LogP contribution in [0.15, 0.2) is 12.7 Å². The van der Waals surface area contributed by atoms with Gasteiger partial charge in [0.1, 0.15) is 0 Å². The number of carboxylic acids is 1. The summed E-state index contributed by atoms with van der Waals surface area (Å²) in [5.41, 5.74) is 0.359. The lowest BCUT2D eigenvalue weighted by Gasteiger charge is -2.38. The van der Waals surface area contributed by atoms with Gasteiger partial charge in [0.15, 0.2) is 0 Å². The van der Waals surface area contributed by atoms with Crippen LogP contribution in [0.5, 0.6) is 0 Å². The van der Waals surface area contributed by atoms with Gasteiger partial charge in [0.25, 0.3) is 0 Å². The first kappa shape index (κ1) is 14.2. The zero-order valence-electron chi connectivity index (χ0n) is 9.86. The van der Waals surface area contributed by atoms with Gasteiger partial charge in [-0.05, 0) is 30.6 Å². The zero-order valence-corrected chi connectivity index (χ0v) is 9.86. The second-order valence-electron chi connectivity index (χ2n) is 4.87. The molecular formula is C12H22O3. The molecule has 2 atom stereocenters. The Hall–Kier alpha value is -0.830. The second-order valence-corrected chi connectivity index (χ2v) is 4.87. The molecule has 2 unspecified atom stereocenters. The fourth-order valence-corrected chi connectivity index (χ4v) is 1.74. The zero-order chi connectivity index (χ0) is 12.1. The molecule has 2 N–H and O–H groups in total. The third-order valence-corrected chi connectivity index (χ3v) is 3.20. The number of carboxylic acid groups (broad SMARTS) is 1. The Kier molecular flexibility index (Phi) is 5.58. The summed E-state index contributed by atoms with van der Waals surface area (Å²) in [6.07, 6.45) is 3.97. The van der Waals surface area contributed by atoms with Gasteiger partial charge in [-0.15, -0.1) is 0 Å². The molecule has 0 saturated heterocycles. The summed E-state index contributed by atoms with van der Waals surface area (Å²) in [5, 5.41) is 17.0. The maximum absolute atomic E-state index is 9.36. The quantitative estimate of drug-likeness (QED) is 0.659. The molecule has 0 spiro atoms. The number of hydrogen-bond donors (Lipinski definition) is 2. The Balaban J connectivity index is 0.000000336. The van der Waals surface area contributed by atoms with E-state index in [1.54, 1.807) is 0 Å². The molecule has 0 aromatic rings. The van der Waals surface area contributed by atoms with E-state index in [1.165, 1.54) is 6.42 Å². The van der Waals surface area contributed by atoms with E-state index < -0.39 is 5.97 Å². The van der Waals surface area contributed by atoms with Crippen LogP contribution in [0.4, 0.5) is 0 Å². The SMILES string of the molecule is C=CC(=O)O.CC1CCC(O)CC1(C)C. The molecule has 1 aliphatic carbocycles. The average Bonchev–Trinajstić information content (AvgIpc) is 2.12. The number of aliphatic hydroxyl groups excluding tert-OH is 1. The highest BCUT2D eigenvalue weighted by molar-refractivity contribution is 5.78. The highest BCUT2D eigenvalue weighted by Crippen LogP contribution is 2.39. The highest BCUT2D eigenvalue weighted by atomic mass is 16.4. The lowest BCUT2D eigenvalue weighted by Crippen LogP contribution is -2.32. The van der Waals surface area contributed by atoms with Crippen LogP contribution in [0.3, 0.4) is 0 Å². The number of aliphatic hydroxyl groups is 1. The van der Waals surface area contributed by atoms with Gasteiger partial charge >= 0.3 is 5.97 Å². The molecule has 3 nitrogen and oxygen atoms in total. The number of aliphatic carboxylic acids is 1. The Labute approximate surface area is 91.8 Å².